The molecule has 0 spiro atoms. The van der Waals surface area contributed by atoms with Gasteiger partial charge in [0, 0.05) is 17.2 Å². The Hall–Kier alpha value is -0.100. The van der Waals surface area contributed by atoms with Gasteiger partial charge in [-0.1, -0.05) is 0 Å². The van der Waals surface area contributed by atoms with Crippen molar-refractivity contribution in [2.24, 2.45) is 5.73 Å². The maximum absolute atomic E-state index is 5.47. The summed E-state index contributed by atoms with van der Waals surface area (Å²) >= 11 is 6.14. The average Bonchev–Trinajstić information content (AvgIpc) is 2.52. The molecule has 0 bridgehead atoms. The van der Waals surface area contributed by atoms with Crippen LogP contribution in [-0.2, 0) is 6.54 Å². The predicted octanol–water partition coefficient (Wildman–Crippen LogP) is 1.52. The Kier molecular flexibility index (Phi) is 4.88. The van der Waals surface area contributed by atoms with Crippen LogP contribution >= 0.6 is 24.0 Å². The van der Waals surface area contributed by atoms with E-state index in [0.29, 0.717) is 6.54 Å². The first-order chi connectivity index (χ1) is 6.63. The summed E-state index contributed by atoms with van der Waals surface area (Å²) in [5.41, 5.74) is 6.53. The summed E-state index contributed by atoms with van der Waals surface area (Å²) in [6.45, 7) is 1.56. The zero-order valence-electron chi connectivity index (χ0n) is 8.60. The fourth-order valence-electron chi connectivity index (χ4n) is 1.13. The molecule has 2 N–H and O–H groups in total. The van der Waals surface area contributed by atoms with Gasteiger partial charge in [0.15, 0.2) is 0 Å². The van der Waals surface area contributed by atoms with E-state index in [1.165, 1.54) is 0 Å². The van der Waals surface area contributed by atoms with Crippen molar-refractivity contribution in [3.63, 3.8) is 0 Å². The quantitative estimate of drug-likeness (QED) is 0.755. The van der Waals surface area contributed by atoms with Crippen LogP contribution in [0, 0.1) is 0 Å². The molecule has 1 aromatic heterocycles. The van der Waals surface area contributed by atoms with Gasteiger partial charge in [-0.3, -0.25) is 0 Å². The van der Waals surface area contributed by atoms with Crippen LogP contribution in [0.3, 0.4) is 0 Å². The summed E-state index contributed by atoms with van der Waals surface area (Å²) in [5, 5.41) is 3.40. The van der Waals surface area contributed by atoms with E-state index in [1.54, 1.807) is 11.3 Å². The minimum Gasteiger partial charge on any atom is -0.330 e. The summed E-state index contributed by atoms with van der Waals surface area (Å²) in [4.78, 5) is 6.62. The molecule has 1 aromatic rings. The number of thiazole rings is 1. The van der Waals surface area contributed by atoms with Gasteiger partial charge in [0.1, 0.15) is 5.01 Å². The lowest BCUT2D eigenvalue weighted by molar-refractivity contribution is 0.401. The summed E-state index contributed by atoms with van der Waals surface area (Å²) in [6.07, 6.45) is 0.883. The first kappa shape index (κ1) is 12.0. The van der Waals surface area contributed by atoms with Crippen LogP contribution in [-0.4, -0.2) is 30.5 Å². The van der Waals surface area contributed by atoms with Crippen LogP contribution in [0.2, 0.25) is 0 Å². The SMILES string of the molecule is CN(C)Cc1nc(C(S)CCN)cs1. The lowest BCUT2D eigenvalue weighted by Gasteiger charge is -2.06. The molecule has 14 heavy (non-hydrogen) atoms. The van der Waals surface area contributed by atoms with Crippen molar-refractivity contribution in [2.75, 3.05) is 20.6 Å². The molecule has 1 atom stereocenters. The molecule has 0 aliphatic carbocycles. The molecule has 0 aliphatic heterocycles. The van der Waals surface area contributed by atoms with E-state index in [2.05, 4.69) is 27.9 Å². The van der Waals surface area contributed by atoms with Crippen LogP contribution in [0.25, 0.3) is 0 Å². The predicted molar refractivity (Wildman–Crippen MR) is 64.9 cm³/mol. The number of hydrogen-bond donors (Lipinski definition) is 2. The molecule has 0 amide bonds. The smallest absolute Gasteiger partial charge is 0.107 e. The first-order valence-electron chi connectivity index (χ1n) is 4.60. The number of aromatic nitrogens is 1. The second-order valence-electron chi connectivity index (χ2n) is 3.50. The zero-order valence-corrected chi connectivity index (χ0v) is 10.3. The number of thiol groups is 1. The van der Waals surface area contributed by atoms with E-state index in [-0.39, 0.29) is 5.25 Å². The first-order valence-corrected chi connectivity index (χ1v) is 6.00. The number of hydrogen-bond acceptors (Lipinski definition) is 5. The van der Waals surface area contributed by atoms with Crippen LogP contribution < -0.4 is 5.73 Å². The topological polar surface area (TPSA) is 42.2 Å². The molecular formula is C9H17N3S2. The van der Waals surface area contributed by atoms with Crippen molar-refractivity contribution < 1.29 is 0 Å². The van der Waals surface area contributed by atoms with Gasteiger partial charge < -0.3 is 10.6 Å². The molecular weight excluding hydrogens is 214 g/mol. The Morgan fingerprint density at radius 3 is 2.93 bits per heavy atom. The Morgan fingerprint density at radius 2 is 2.36 bits per heavy atom. The molecule has 0 saturated carbocycles. The molecule has 3 nitrogen and oxygen atoms in total. The molecule has 0 fully saturated rings. The maximum Gasteiger partial charge on any atom is 0.107 e. The highest BCUT2D eigenvalue weighted by Gasteiger charge is 2.10. The summed E-state index contributed by atoms with van der Waals surface area (Å²) in [6, 6.07) is 0. The maximum atomic E-state index is 5.47. The summed E-state index contributed by atoms with van der Waals surface area (Å²) in [7, 11) is 4.08. The van der Waals surface area contributed by atoms with Gasteiger partial charge in [-0.2, -0.15) is 12.6 Å². The number of nitrogens with two attached hydrogens (primary N) is 1. The van der Waals surface area contributed by atoms with Gasteiger partial charge >= 0.3 is 0 Å². The summed E-state index contributed by atoms with van der Waals surface area (Å²) in [5.74, 6) is 0. The normalized spacial score (nSPS) is 13.5. The summed E-state index contributed by atoms with van der Waals surface area (Å²) < 4.78 is 0. The fourth-order valence-corrected chi connectivity index (χ4v) is 2.47. The average molecular weight is 231 g/mol. The van der Waals surface area contributed by atoms with Crippen molar-refractivity contribution >= 4 is 24.0 Å². The van der Waals surface area contributed by atoms with E-state index in [0.717, 1.165) is 23.7 Å². The molecule has 1 unspecified atom stereocenters. The zero-order chi connectivity index (χ0) is 10.6. The Morgan fingerprint density at radius 1 is 1.64 bits per heavy atom. The van der Waals surface area contributed by atoms with Crippen molar-refractivity contribution in [1.82, 2.24) is 9.88 Å². The largest absolute Gasteiger partial charge is 0.330 e. The van der Waals surface area contributed by atoms with Crippen LogP contribution in [0.1, 0.15) is 22.4 Å². The van der Waals surface area contributed by atoms with E-state index in [1.807, 2.05) is 14.1 Å². The Bertz CT molecular complexity index is 273. The van der Waals surface area contributed by atoms with E-state index < -0.39 is 0 Å². The number of rotatable bonds is 5. The van der Waals surface area contributed by atoms with E-state index >= 15 is 0 Å². The molecule has 0 radical (unpaired) electrons. The molecule has 80 valence electrons. The van der Waals surface area contributed by atoms with Crippen LogP contribution in [0.5, 0.6) is 0 Å². The minimum absolute atomic E-state index is 0.187. The highest BCUT2D eigenvalue weighted by atomic mass is 32.1. The molecule has 0 saturated heterocycles. The van der Waals surface area contributed by atoms with Crippen LogP contribution in [0.15, 0.2) is 5.38 Å². The molecule has 1 heterocycles. The lowest BCUT2D eigenvalue weighted by atomic mass is 10.2. The molecule has 5 heteroatoms. The van der Waals surface area contributed by atoms with Gasteiger partial charge in [-0.15, -0.1) is 11.3 Å². The van der Waals surface area contributed by atoms with Gasteiger partial charge in [0.2, 0.25) is 0 Å². The Labute approximate surface area is 94.7 Å². The molecule has 1 rings (SSSR count). The van der Waals surface area contributed by atoms with Crippen molar-refractivity contribution in [3.05, 3.63) is 16.1 Å². The molecule has 0 aliphatic rings. The molecule has 0 aromatic carbocycles. The monoisotopic (exact) mass is 231 g/mol. The van der Waals surface area contributed by atoms with E-state index in [4.69, 9.17) is 5.73 Å². The van der Waals surface area contributed by atoms with Crippen LogP contribution in [0.4, 0.5) is 0 Å². The second-order valence-corrected chi connectivity index (χ2v) is 5.06. The third kappa shape index (κ3) is 3.57. The van der Waals surface area contributed by atoms with Gasteiger partial charge in [-0.25, -0.2) is 4.98 Å². The standard InChI is InChI=1S/C9H17N3S2/c1-12(2)5-9-11-7(6-14-9)8(13)3-4-10/h6,8,13H,3-5,10H2,1-2H3. The second kappa shape index (κ2) is 5.70. The Balaban J connectivity index is 2.58. The highest BCUT2D eigenvalue weighted by molar-refractivity contribution is 7.80. The fraction of sp³-hybridized carbons (Fsp3) is 0.667. The third-order valence-electron chi connectivity index (χ3n) is 1.80. The lowest BCUT2D eigenvalue weighted by Crippen LogP contribution is -2.10. The van der Waals surface area contributed by atoms with Gasteiger partial charge in [0.05, 0.1) is 5.69 Å². The minimum atomic E-state index is 0.187. The van der Waals surface area contributed by atoms with Crippen molar-refractivity contribution in [2.45, 2.75) is 18.2 Å². The number of nitrogens with zero attached hydrogens (tertiary/aromatic N) is 2. The van der Waals surface area contributed by atoms with E-state index in [9.17, 15) is 0 Å². The highest BCUT2D eigenvalue weighted by Crippen LogP contribution is 2.24. The van der Waals surface area contributed by atoms with Crippen molar-refractivity contribution in [3.8, 4) is 0 Å². The van der Waals surface area contributed by atoms with Crippen molar-refractivity contribution in [1.29, 1.82) is 0 Å². The van der Waals surface area contributed by atoms with Gasteiger partial charge in [0.25, 0.3) is 0 Å². The third-order valence-corrected chi connectivity index (χ3v) is 3.18. The van der Waals surface area contributed by atoms with Gasteiger partial charge in [-0.05, 0) is 27.1 Å².